The molecule has 0 spiro atoms. The summed E-state index contributed by atoms with van der Waals surface area (Å²) in [5.41, 5.74) is 1.30. The van der Waals surface area contributed by atoms with E-state index in [0.29, 0.717) is 16.9 Å². The maximum absolute atomic E-state index is 11.9. The Bertz CT molecular complexity index is 759. The quantitative estimate of drug-likeness (QED) is 0.370. The second-order valence-corrected chi connectivity index (χ2v) is 4.61. The topological polar surface area (TPSA) is 98.9 Å². The number of benzene rings is 1. The van der Waals surface area contributed by atoms with Gasteiger partial charge in [0.2, 0.25) is 0 Å². The third-order valence-corrected chi connectivity index (χ3v) is 3.23. The van der Waals surface area contributed by atoms with E-state index in [1.807, 2.05) is 0 Å². The summed E-state index contributed by atoms with van der Waals surface area (Å²) in [5.74, 6) is -0.937. The largest absolute Gasteiger partial charge is 0.366 e. The zero-order chi connectivity index (χ0) is 16.3. The molecule has 2 rings (SSSR count). The summed E-state index contributed by atoms with van der Waals surface area (Å²) < 4.78 is 0. The number of oxime groups is 1. The molecule has 112 valence electrons. The molecule has 0 saturated heterocycles. The predicted octanol–water partition coefficient (Wildman–Crippen LogP) is 2.58. The predicted molar refractivity (Wildman–Crippen MR) is 78.5 cm³/mol. The van der Waals surface area contributed by atoms with Crippen LogP contribution in [0.1, 0.15) is 24.2 Å². The second kappa shape index (κ2) is 6.13. The fourth-order valence-electron chi connectivity index (χ4n) is 1.77. The summed E-state index contributed by atoms with van der Waals surface area (Å²) in [7, 11) is 0. The summed E-state index contributed by atoms with van der Waals surface area (Å²) in [5, 5.41) is 14.4. The van der Waals surface area contributed by atoms with Crippen molar-refractivity contribution in [3.8, 4) is 0 Å². The van der Waals surface area contributed by atoms with Crippen LogP contribution in [-0.2, 0) is 9.63 Å². The van der Waals surface area contributed by atoms with E-state index in [0.717, 1.165) is 6.07 Å². The van der Waals surface area contributed by atoms with Crippen molar-refractivity contribution < 1.29 is 19.3 Å². The Hall–Kier alpha value is -3.09. The van der Waals surface area contributed by atoms with Gasteiger partial charge in [-0.15, -0.1) is 0 Å². The molecule has 0 atom stereocenters. The van der Waals surface area contributed by atoms with Crippen LogP contribution in [0.5, 0.6) is 0 Å². The molecule has 0 radical (unpaired) electrons. The SMILES string of the molecule is CC1=C(C)/C(=N\OC(=O)c2cccc([N+](=O)[O-])c2)C=CC1=O. The Morgan fingerprint density at radius 2 is 1.95 bits per heavy atom. The number of ketones is 1. The summed E-state index contributed by atoms with van der Waals surface area (Å²) in [4.78, 5) is 38.1. The summed E-state index contributed by atoms with van der Waals surface area (Å²) in [6.45, 7) is 3.34. The molecular weight excluding hydrogens is 288 g/mol. The molecule has 0 bridgehead atoms. The van der Waals surface area contributed by atoms with Gasteiger partial charge in [-0.3, -0.25) is 14.9 Å². The van der Waals surface area contributed by atoms with E-state index in [-0.39, 0.29) is 17.0 Å². The van der Waals surface area contributed by atoms with Crippen molar-refractivity contribution >= 4 is 23.2 Å². The van der Waals surface area contributed by atoms with Crippen LogP contribution in [-0.4, -0.2) is 22.4 Å². The minimum Gasteiger partial charge on any atom is -0.312 e. The lowest BCUT2D eigenvalue weighted by Gasteiger charge is -2.09. The highest BCUT2D eigenvalue weighted by Crippen LogP contribution is 2.16. The van der Waals surface area contributed by atoms with E-state index in [1.165, 1.54) is 30.4 Å². The number of carbonyl (C=O) groups is 2. The Balaban J connectivity index is 2.18. The van der Waals surface area contributed by atoms with Crippen LogP contribution in [0.3, 0.4) is 0 Å². The van der Waals surface area contributed by atoms with E-state index in [4.69, 9.17) is 4.84 Å². The first-order valence-electron chi connectivity index (χ1n) is 6.34. The first-order chi connectivity index (χ1) is 10.4. The lowest BCUT2D eigenvalue weighted by Crippen LogP contribution is -2.12. The third kappa shape index (κ3) is 3.14. The number of rotatable bonds is 3. The number of nitro groups is 1. The van der Waals surface area contributed by atoms with Gasteiger partial charge < -0.3 is 4.84 Å². The Morgan fingerprint density at radius 1 is 1.23 bits per heavy atom. The number of hydrogen-bond acceptors (Lipinski definition) is 6. The van der Waals surface area contributed by atoms with Crippen molar-refractivity contribution in [1.82, 2.24) is 0 Å². The van der Waals surface area contributed by atoms with Crippen LogP contribution in [0.25, 0.3) is 0 Å². The second-order valence-electron chi connectivity index (χ2n) is 4.61. The first-order valence-corrected chi connectivity index (χ1v) is 6.34. The minimum absolute atomic E-state index is 0.0211. The molecule has 1 aromatic carbocycles. The van der Waals surface area contributed by atoms with Gasteiger partial charge in [0.15, 0.2) is 5.78 Å². The minimum atomic E-state index is -0.813. The number of carbonyl (C=O) groups excluding carboxylic acids is 2. The molecule has 7 nitrogen and oxygen atoms in total. The molecule has 1 aromatic rings. The van der Waals surface area contributed by atoms with Crippen molar-refractivity contribution in [2.24, 2.45) is 5.16 Å². The maximum atomic E-state index is 11.9. The highest BCUT2D eigenvalue weighted by molar-refractivity contribution is 6.21. The zero-order valence-electron chi connectivity index (χ0n) is 11.9. The highest BCUT2D eigenvalue weighted by atomic mass is 16.7. The monoisotopic (exact) mass is 300 g/mol. The van der Waals surface area contributed by atoms with Gasteiger partial charge in [-0.05, 0) is 37.6 Å². The Kier molecular flexibility index (Phi) is 4.26. The fraction of sp³-hybridized carbons (Fsp3) is 0.133. The van der Waals surface area contributed by atoms with Gasteiger partial charge in [-0.1, -0.05) is 11.2 Å². The molecule has 1 aliphatic rings. The average molecular weight is 300 g/mol. The van der Waals surface area contributed by atoms with Gasteiger partial charge in [-0.25, -0.2) is 4.79 Å². The average Bonchev–Trinajstić information content (AvgIpc) is 2.51. The number of nitro benzene ring substituents is 1. The zero-order valence-corrected chi connectivity index (χ0v) is 11.9. The molecule has 0 fully saturated rings. The lowest BCUT2D eigenvalue weighted by atomic mass is 9.97. The molecule has 0 aliphatic heterocycles. The Morgan fingerprint density at radius 3 is 2.64 bits per heavy atom. The van der Waals surface area contributed by atoms with Gasteiger partial charge >= 0.3 is 5.97 Å². The molecule has 22 heavy (non-hydrogen) atoms. The van der Waals surface area contributed by atoms with Crippen molar-refractivity contribution in [2.45, 2.75) is 13.8 Å². The smallest absolute Gasteiger partial charge is 0.312 e. The number of nitrogens with zero attached hydrogens (tertiary/aromatic N) is 2. The fourth-order valence-corrected chi connectivity index (χ4v) is 1.77. The van der Waals surface area contributed by atoms with Crippen LogP contribution in [0.15, 0.2) is 52.7 Å². The van der Waals surface area contributed by atoms with Gasteiger partial charge in [0.05, 0.1) is 10.5 Å². The standard InChI is InChI=1S/C15H12N2O5/c1-9-10(2)14(18)7-6-13(9)16-22-15(19)11-4-3-5-12(8-11)17(20)21/h3-8H,1-2H3/b16-13-. The van der Waals surface area contributed by atoms with E-state index < -0.39 is 10.9 Å². The lowest BCUT2D eigenvalue weighted by molar-refractivity contribution is -0.384. The molecule has 7 heteroatoms. The molecular formula is C15H12N2O5. The van der Waals surface area contributed by atoms with Crippen LogP contribution < -0.4 is 0 Å². The molecule has 0 heterocycles. The summed E-state index contributed by atoms with van der Waals surface area (Å²) in [6, 6.07) is 5.16. The van der Waals surface area contributed by atoms with Crippen LogP contribution in [0, 0.1) is 10.1 Å². The van der Waals surface area contributed by atoms with Gasteiger partial charge in [0, 0.05) is 17.7 Å². The van der Waals surface area contributed by atoms with Crippen molar-refractivity contribution in [1.29, 1.82) is 0 Å². The molecule has 1 aliphatic carbocycles. The van der Waals surface area contributed by atoms with Crippen LogP contribution >= 0.6 is 0 Å². The normalized spacial score (nSPS) is 16.1. The number of hydrogen-bond donors (Lipinski definition) is 0. The summed E-state index contributed by atoms with van der Waals surface area (Å²) >= 11 is 0. The van der Waals surface area contributed by atoms with Gasteiger partial charge in [0.1, 0.15) is 5.71 Å². The van der Waals surface area contributed by atoms with Crippen molar-refractivity contribution in [3.05, 3.63) is 63.2 Å². The summed E-state index contributed by atoms with van der Waals surface area (Å²) in [6.07, 6.45) is 2.79. The van der Waals surface area contributed by atoms with Gasteiger partial charge in [-0.2, -0.15) is 0 Å². The van der Waals surface area contributed by atoms with E-state index >= 15 is 0 Å². The maximum Gasteiger partial charge on any atom is 0.366 e. The molecule has 0 unspecified atom stereocenters. The van der Waals surface area contributed by atoms with E-state index in [1.54, 1.807) is 13.8 Å². The third-order valence-electron chi connectivity index (χ3n) is 3.23. The number of non-ortho nitro benzene ring substituents is 1. The van der Waals surface area contributed by atoms with Crippen LogP contribution in [0.2, 0.25) is 0 Å². The molecule has 0 saturated carbocycles. The highest BCUT2D eigenvalue weighted by Gasteiger charge is 2.16. The molecule has 0 amide bonds. The van der Waals surface area contributed by atoms with Crippen molar-refractivity contribution in [2.75, 3.05) is 0 Å². The number of allylic oxidation sites excluding steroid dienone is 4. The Labute approximate surface area is 125 Å². The van der Waals surface area contributed by atoms with E-state index in [2.05, 4.69) is 5.16 Å². The molecule has 0 aromatic heterocycles. The van der Waals surface area contributed by atoms with E-state index in [9.17, 15) is 19.7 Å². The first kappa shape index (κ1) is 15.3. The van der Waals surface area contributed by atoms with Gasteiger partial charge in [0.25, 0.3) is 5.69 Å². The van der Waals surface area contributed by atoms with Crippen molar-refractivity contribution in [3.63, 3.8) is 0 Å². The van der Waals surface area contributed by atoms with Crippen LogP contribution in [0.4, 0.5) is 5.69 Å². The molecule has 0 N–H and O–H groups in total.